The molecule has 2 N–H and O–H groups in total. The lowest BCUT2D eigenvalue weighted by atomic mass is 10.1. The molecule has 4 rings (SSSR count). The van der Waals surface area contributed by atoms with Crippen molar-refractivity contribution in [3.8, 4) is 22.7 Å². The Morgan fingerprint density at radius 1 is 1.07 bits per heavy atom. The van der Waals surface area contributed by atoms with Gasteiger partial charge in [-0.05, 0) is 49.6 Å². The zero-order valence-corrected chi connectivity index (χ0v) is 24.6. The number of ether oxygens (including phenoxy) is 1. The van der Waals surface area contributed by atoms with E-state index in [-0.39, 0.29) is 12.3 Å². The summed E-state index contributed by atoms with van der Waals surface area (Å²) in [4.78, 5) is 35.1. The molecule has 41 heavy (non-hydrogen) atoms. The molecule has 1 fully saturated rings. The van der Waals surface area contributed by atoms with E-state index >= 15 is 0 Å². The van der Waals surface area contributed by atoms with E-state index in [1.54, 1.807) is 4.90 Å². The number of thioether (sulfide) groups is 1. The fourth-order valence-corrected chi connectivity index (χ4v) is 5.24. The third-order valence-corrected chi connectivity index (χ3v) is 7.15. The van der Waals surface area contributed by atoms with Gasteiger partial charge in [0, 0.05) is 37.2 Å². The van der Waals surface area contributed by atoms with E-state index in [1.165, 1.54) is 11.8 Å². The Morgan fingerprint density at radius 2 is 1.80 bits per heavy atom. The fraction of sp³-hybridized carbons (Fsp3) is 0.300. The predicted octanol–water partition coefficient (Wildman–Crippen LogP) is 6.27. The molecule has 3 aromatic rings. The number of carbonyl (C=O) groups excluding carboxylic acids is 1. The Morgan fingerprint density at radius 3 is 2.49 bits per heavy atom. The van der Waals surface area contributed by atoms with Crippen LogP contribution in [0.5, 0.6) is 5.75 Å². The van der Waals surface area contributed by atoms with E-state index in [2.05, 4.69) is 6.92 Å². The van der Waals surface area contributed by atoms with Gasteiger partial charge in [-0.1, -0.05) is 67.7 Å². The summed E-state index contributed by atoms with van der Waals surface area (Å²) in [5, 5.41) is 21.1. The molecule has 216 valence electrons. The van der Waals surface area contributed by atoms with Gasteiger partial charge in [-0.2, -0.15) is 5.10 Å². The van der Waals surface area contributed by atoms with Gasteiger partial charge >= 0.3 is 5.97 Å². The first-order valence-electron chi connectivity index (χ1n) is 13.2. The van der Waals surface area contributed by atoms with Crippen LogP contribution in [0, 0.1) is 0 Å². The highest BCUT2D eigenvalue weighted by atomic mass is 32.2. The quantitative estimate of drug-likeness (QED) is 0.142. The number of carboxylic acids is 2. The number of aromatic nitrogens is 2. The van der Waals surface area contributed by atoms with Crippen LogP contribution in [0.15, 0.2) is 65.7 Å². The fourth-order valence-electron chi connectivity index (χ4n) is 3.94. The summed E-state index contributed by atoms with van der Waals surface area (Å²) in [6, 6.07) is 17.6. The molecule has 9 nitrogen and oxygen atoms in total. The monoisotopic (exact) mass is 595 g/mol. The van der Waals surface area contributed by atoms with Crippen LogP contribution in [0.1, 0.15) is 51.5 Å². The Hall–Kier alpha value is -3.96. The minimum Gasteiger partial charge on any atom is -0.494 e. The number of unbranched alkanes of at least 4 members (excludes halogenated alkanes) is 2. The van der Waals surface area contributed by atoms with Crippen molar-refractivity contribution in [3.63, 3.8) is 0 Å². The molecule has 0 aliphatic carbocycles. The van der Waals surface area contributed by atoms with E-state index in [4.69, 9.17) is 37.1 Å². The van der Waals surface area contributed by atoms with Crippen LogP contribution >= 0.6 is 24.0 Å². The SMILES string of the molecule is CC(=O)O.CCCOc1cccc(-c2nn(-c3ccccc3)cc2/C=C2\SC(=S)N(CCCCCC(=O)O)C2=O)c1. The number of benzene rings is 2. The largest absolute Gasteiger partial charge is 0.494 e. The average molecular weight is 596 g/mol. The highest BCUT2D eigenvalue weighted by molar-refractivity contribution is 8.26. The second kappa shape index (κ2) is 15.7. The van der Waals surface area contributed by atoms with Crippen molar-refractivity contribution in [1.29, 1.82) is 0 Å². The van der Waals surface area contributed by atoms with Crippen molar-refractivity contribution in [2.75, 3.05) is 13.2 Å². The molecule has 0 saturated carbocycles. The van der Waals surface area contributed by atoms with Crippen LogP contribution in [-0.4, -0.2) is 60.2 Å². The Bertz CT molecular complexity index is 1400. The molecule has 0 atom stereocenters. The van der Waals surface area contributed by atoms with Gasteiger partial charge < -0.3 is 14.9 Å². The molecule has 1 amide bonds. The van der Waals surface area contributed by atoms with E-state index in [9.17, 15) is 9.59 Å². The Balaban J connectivity index is 0.00000108. The number of carbonyl (C=O) groups is 3. The summed E-state index contributed by atoms with van der Waals surface area (Å²) in [6.45, 7) is 4.26. The minimum absolute atomic E-state index is 0.133. The second-order valence-electron chi connectivity index (χ2n) is 9.15. The third-order valence-electron chi connectivity index (χ3n) is 5.78. The number of nitrogens with zero attached hydrogens (tertiary/aromatic N) is 3. The van der Waals surface area contributed by atoms with Crippen LogP contribution in [0.25, 0.3) is 23.0 Å². The summed E-state index contributed by atoms with van der Waals surface area (Å²) in [5.74, 6) is -0.997. The molecule has 2 aromatic carbocycles. The normalized spacial score (nSPS) is 13.7. The maximum Gasteiger partial charge on any atom is 0.303 e. The van der Waals surface area contributed by atoms with Gasteiger partial charge in [-0.3, -0.25) is 19.3 Å². The van der Waals surface area contributed by atoms with Crippen molar-refractivity contribution in [3.05, 3.63) is 71.3 Å². The molecule has 0 bridgehead atoms. The number of carboxylic acid groups (broad SMARTS) is 2. The highest BCUT2D eigenvalue weighted by Gasteiger charge is 2.32. The van der Waals surface area contributed by atoms with Crippen LogP contribution < -0.4 is 4.74 Å². The van der Waals surface area contributed by atoms with Gasteiger partial charge in [0.2, 0.25) is 0 Å². The summed E-state index contributed by atoms with van der Waals surface area (Å²) in [5.41, 5.74) is 3.35. The van der Waals surface area contributed by atoms with Gasteiger partial charge in [0.25, 0.3) is 11.9 Å². The molecule has 0 spiro atoms. The van der Waals surface area contributed by atoms with Gasteiger partial charge in [0.15, 0.2) is 0 Å². The van der Waals surface area contributed by atoms with Crippen molar-refractivity contribution >= 4 is 52.2 Å². The zero-order chi connectivity index (χ0) is 29.8. The van der Waals surface area contributed by atoms with Crippen molar-refractivity contribution in [1.82, 2.24) is 14.7 Å². The van der Waals surface area contributed by atoms with E-state index in [0.717, 1.165) is 48.0 Å². The van der Waals surface area contributed by atoms with Gasteiger partial charge in [0.05, 0.1) is 17.2 Å². The summed E-state index contributed by atoms with van der Waals surface area (Å²) in [7, 11) is 0. The van der Waals surface area contributed by atoms with Gasteiger partial charge in [-0.15, -0.1) is 0 Å². The topological polar surface area (TPSA) is 122 Å². The maximum absolute atomic E-state index is 13.2. The lowest BCUT2D eigenvalue weighted by molar-refractivity contribution is -0.137. The molecule has 1 aliphatic rings. The first kappa shape index (κ1) is 31.6. The Kier molecular flexibility index (Phi) is 12.1. The Labute approximate surface area is 248 Å². The van der Waals surface area contributed by atoms with Crippen molar-refractivity contribution in [2.24, 2.45) is 0 Å². The van der Waals surface area contributed by atoms with Crippen LogP contribution in [0.2, 0.25) is 0 Å². The van der Waals surface area contributed by atoms with E-state index in [1.807, 2.05) is 71.6 Å². The molecular formula is C30H33N3O6S2. The van der Waals surface area contributed by atoms with Gasteiger partial charge in [0.1, 0.15) is 15.8 Å². The molecular weight excluding hydrogens is 562 g/mol. The maximum atomic E-state index is 13.2. The summed E-state index contributed by atoms with van der Waals surface area (Å²) >= 11 is 6.77. The zero-order valence-electron chi connectivity index (χ0n) is 23.0. The number of hydrogen-bond acceptors (Lipinski definition) is 7. The summed E-state index contributed by atoms with van der Waals surface area (Å²) < 4.78 is 8.16. The standard InChI is InChI=1S/C28H29N3O4S2.C2H4O2/c1-2-16-35-23-13-9-10-20(17-23)26-21(19-31(29-26)22-11-5-3-6-12-22)18-24-27(34)30(28(36)37-24)15-8-4-7-14-25(32)33;1-2(3)4/h3,5-6,9-13,17-19H,2,4,7-8,14-16H2,1H3,(H,32,33);1H3,(H,3,4)/b24-18-;. The van der Waals surface area contributed by atoms with Crippen LogP contribution in [0.3, 0.4) is 0 Å². The number of amides is 1. The van der Waals surface area contributed by atoms with E-state index < -0.39 is 11.9 Å². The number of thiocarbonyl (C=S) groups is 1. The first-order chi connectivity index (χ1) is 19.7. The second-order valence-corrected chi connectivity index (χ2v) is 10.8. The molecule has 1 aliphatic heterocycles. The summed E-state index contributed by atoms with van der Waals surface area (Å²) in [6.07, 6.45) is 6.84. The number of para-hydroxylation sites is 1. The lowest BCUT2D eigenvalue weighted by Gasteiger charge is -2.13. The smallest absolute Gasteiger partial charge is 0.303 e. The number of hydrogen-bond donors (Lipinski definition) is 2. The highest BCUT2D eigenvalue weighted by Crippen LogP contribution is 2.35. The van der Waals surface area contributed by atoms with Crippen molar-refractivity contribution in [2.45, 2.75) is 46.0 Å². The van der Waals surface area contributed by atoms with E-state index in [0.29, 0.717) is 35.2 Å². The van der Waals surface area contributed by atoms with Gasteiger partial charge in [-0.25, -0.2) is 4.68 Å². The third kappa shape index (κ3) is 9.58. The van der Waals surface area contributed by atoms with Crippen LogP contribution in [-0.2, 0) is 14.4 Å². The molecule has 2 heterocycles. The number of aliphatic carboxylic acids is 2. The number of rotatable bonds is 12. The lowest BCUT2D eigenvalue weighted by Crippen LogP contribution is -2.29. The molecule has 1 saturated heterocycles. The molecule has 1 aromatic heterocycles. The van der Waals surface area contributed by atoms with Crippen molar-refractivity contribution < 1.29 is 29.3 Å². The molecule has 0 unspecified atom stereocenters. The first-order valence-corrected chi connectivity index (χ1v) is 14.5. The molecule has 0 radical (unpaired) electrons. The van der Waals surface area contributed by atoms with Crippen LogP contribution in [0.4, 0.5) is 0 Å². The molecule has 11 heteroatoms. The minimum atomic E-state index is -0.833. The predicted molar refractivity (Wildman–Crippen MR) is 164 cm³/mol. The average Bonchev–Trinajstić information content (AvgIpc) is 3.48.